The Morgan fingerprint density at radius 1 is 1.05 bits per heavy atom. The van der Waals surface area contributed by atoms with Gasteiger partial charge in [-0.1, -0.05) is 54.0 Å². The Balaban J connectivity index is 0. The average molecular weight is 535 g/mol. The molecule has 4 amide bonds. The Hall–Kier alpha value is -3.49. The van der Waals surface area contributed by atoms with E-state index in [4.69, 9.17) is 0 Å². The molecular formula is C29H47FN4O4. The summed E-state index contributed by atoms with van der Waals surface area (Å²) in [5.41, 5.74) is 1.49. The highest BCUT2D eigenvalue weighted by Crippen LogP contribution is 2.13. The molecule has 38 heavy (non-hydrogen) atoms. The Labute approximate surface area is 227 Å². The van der Waals surface area contributed by atoms with E-state index >= 15 is 0 Å². The zero-order valence-corrected chi connectivity index (χ0v) is 24.3. The molecule has 0 unspecified atom stereocenters. The van der Waals surface area contributed by atoms with Gasteiger partial charge in [0.05, 0.1) is 6.54 Å². The highest BCUT2D eigenvalue weighted by Gasteiger charge is 2.21. The van der Waals surface area contributed by atoms with Gasteiger partial charge in [-0.3, -0.25) is 19.2 Å². The van der Waals surface area contributed by atoms with E-state index in [9.17, 15) is 23.6 Å². The maximum absolute atomic E-state index is 13.7. The van der Waals surface area contributed by atoms with Crippen molar-refractivity contribution in [2.24, 2.45) is 0 Å². The molecule has 0 bridgehead atoms. The zero-order chi connectivity index (χ0) is 29.5. The van der Waals surface area contributed by atoms with Gasteiger partial charge >= 0.3 is 0 Å². The van der Waals surface area contributed by atoms with Crippen LogP contribution in [0.3, 0.4) is 0 Å². The fourth-order valence-electron chi connectivity index (χ4n) is 3.01. The molecule has 2 rings (SSSR count). The van der Waals surface area contributed by atoms with Crippen LogP contribution in [0, 0.1) is 12.7 Å². The Kier molecular flexibility index (Phi) is 21.9. The lowest BCUT2D eigenvalue weighted by Crippen LogP contribution is -2.49. The minimum atomic E-state index is -0.831. The molecule has 1 atom stereocenters. The predicted octanol–water partition coefficient (Wildman–Crippen LogP) is 4.54. The van der Waals surface area contributed by atoms with Gasteiger partial charge in [0.1, 0.15) is 11.9 Å². The minimum absolute atomic E-state index is 0.236. The van der Waals surface area contributed by atoms with Crippen molar-refractivity contribution in [2.75, 3.05) is 13.1 Å². The number of carbonyl (C=O) groups excluding carboxylic acids is 4. The third-order valence-electron chi connectivity index (χ3n) is 4.44. The number of benzene rings is 1. The molecule has 1 aliphatic heterocycles. The van der Waals surface area contributed by atoms with Gasteiger partial charge in [0.2, 0.25) is 23.6 Å². The number of hydrogen-bond donors (Lipinski definition) is 4. The summed E-state index contributed by atoms with van der Waals surface area (Å²) >= 11 is 0. The third kappa shape index (κ3) is 17.9. The molecule has 0 aromatic heterocycles. The lowest BCUT2D eigenvalue weighted by atomic mass is 10.1. The number of hydrogen-bond acceptors (Lipinski definition) is 4. The number of halogens is 1. The molecule has 0 aliphatic carbocycles. The summed E-state index contributed by atoms with van der Waals surface area (Å²) in [5, 5.41) is 10.4. The fourth-order valence-corrected chi connectivity index (χ4v) is 3.01. The van der Waals surface area contributed by atoms with Crippen LogP contribution >= 0.6 is 0 Å². The Morgan fingerprint density at radius 3 is 2.26 bits per heavy atom. The number of rotatable bonds is 4. The average Bonchev–Trinajstić information content (AvgIpc) is 2.86. The van der Waals surface area contributed by atoms with Gasteiger partial charge in [0.15, 0.2) is 0 Å². The molecule has 1 aromatic rings. The van der Waals surface area contributed by atoms with Crippen LogP contribution in [0.1, 0.15) is 85.3 Å². The van der Waals surface area contributed by atoms with E-state index in [1.54, 1.807) is 19.1 Å². The van der Waals surface area contributed by atoms with Crippen molar-refractivity contribution in [2.45, 2.75) is 87.1 Å². The van der Waals surface area contributed by atoms with Crippen LogP contribution in [-0.4, -0.2) is 42.8 Å². The first-order chi connectivity index (χ1) is 18.1. The molecule has 1 heterocycles. The topological polar surface area (TPSA) is 116 Å². The molecule has 4 N–H and O–H groups in total. The summed E-state index contributed by atoms with van der Waals surface area (Å²) in [4.78, 5) is 47.9. The maximum Gasteiger partial charge on any atom is 0.246 e. The molecule has 9 heteroatoms. The molecule has 0 radical (unpaired) electrons. The Morgan fingerprint density at radius 2 is 1.68 bits per heavy atom. The first-order valence-corrected chi connectivity index (χ1v) is 13.4. The van der Waals surface area contributed by atoms with E-state index in [0.717, 1.165) is 0 Å². The number of amides is 4. The second-order valence-corrected chi connectivity index (χ2v) is 8.01. The van der Waals surface area contributed by atoms with Gasteiger partial charge in [-0.2, -0.15) is 0 Å². The monoisotopic (exact) mass is 534 g/mol. The van der Waals surface area contributed by atoms with Crippen molar-refractivity contribution in [3.63, 3.8) is 0 Å². The molecule has 1 aromatic carbocycles. The van der Waals surface area contributed by atoms with E-state index in [0.29, 0.717) is 36.9 Å². The second-order valence-electron chi connectivity index (χ2n) is 8.01. The molecule has 8 nitrogen and oxygen atoms in total. The molecule has 1 aliphatic rings. The summed E-state index contributed by atoms with van der Waals surface area (Å²) in [6.45, 7) is 15.5. The van der Waals surface area contributed by atoms with Gasteiger partial charge < -0.3 is 21.3 Å². The number of carbonyl (C=O) groups is 4. The van der Waals surface area contributed by atoms with Crippen molar-refractivity contribution in [3.05, 3.63) is 53.0 Å². The summed E-state index contributed by atoms with van der Waals surface area (Å²) in [6.07, 6.45) is 7.07. The van der Waals surface area contributed by atoms with E-state index in [1.165, 1.54) is 37.6 Å². The van der Waals surface area contributed by atoms with E-state index in [-0.39, 0.29) is 24.1 Å². The molecular weight excluding hydrogens is 487 g/mol. The van der Waals surface area contributed by atoms with Crippen LogP contribution in [0.25, 0.3) is 6.08 Å². The van der Waals surface area contributed by atoms with Gasteiger partial charge in [-0.05, 0) is 61.6 Å². The standard InChI is InChI=1S/C22H27FN4O4.C3H8.2C2H6/c1-14-9-16(11-17(23)10-14)12-18-6-7-20(29)24-8-4-3-5-19(22(31)26-18)27-21(30)13-25-15(2)28;1-3-2;2*1-2/h6-7,9-12,19H,3-5,8,13H2,1-2H3,(H,24,29)(H,25,28)(H,26,31)(H,27,30);3H2,1-2H3;2*1-2H3/b7-6+,18-12+;;;/t19-;;;/m0.../s1. The molecule has 0 saturated heterocycles. The van der Waals surface area contributed by atoms with E-state index < -0.39 is 23.7 Å². The van der Waals surface area contributed by atoms with Crippen LogP contribution < -0.4 is 21.3 Å². The van der Waals surface area contributed by atoms with Gasteiger partial charge in [-0.15, -0.1) is 0 Å². The highest BCUT2D eigenvalue weighted by molar-refractivity contribution is 5.92. The van der Waals surface area contributed by atoms with Gasteiger partial charge in [-0.25, -0.2) is 4.39 Å². The molecule has 0 saturated carbocycles. The maximum atomic E-state index is 13.7. The zero-order valence-electron chi connectivity index (χ0n) is 24.3. The number of aryl methyl sites for hydroxylation is 1. The third-order valence-corrected chi connectivity index (χ3v) is 4.44. The van der Waals surface area contributed by atoms with Crippen LogP contribution in [0.4, 0.5) is 4.39 Å². The highest BCUT2D eigenvalue weighted by atomic mass is 19.1. The van der Waals surface area contributed by atoms with Crippen LogP contribution in [0.15, 0.2) is 36.0 Å². The first kappa shape index (κ1) is 36.7. The van der Waals surface area contributed by atoms with Gasteiger partial charge in [0.25, 0.3) is 0 Å². The summed E-state index contributed by atoms with van der Waals surface area (Å²) in [5.74, 6) is -2.04. The normalized spacial score (nSPS) is 17.1. The van der Waals surface area contributed by atoms with Crippen molar-refractivity contribution < 1.29 is 23.6 Å². The lowest BCUT2D eigenvalue weighted by Gasteiger charge is -2.20. The fraction of sp³-hybridized carbons (Fsp3) is 0.517. The SMILES string of the molecule is CC.CC.CC(=O)NCC(=O)N[C@H]1CCCCNC(=O)/C=C/C(=C\c2cc(C)cc(F)c2)NC1=O.CCC. The summed E-state index contributed by atoms with van der Waals surface area (Å²) < 4.78 is 13.7. The largest absolute Gasteiger partial charge is 0.353 e. The minimum Gasteiger partial charge on any atom is -0.353 e. The van der Waals surface area contributed by atoms with Crippen molar-refractivity contribution in [3.8, 4) is 0 Å². The van der Waals surface area contributed by atoms with Crippen molar-refractivity contribution in [1.29, 1.82) is 0 Å². The van der Waals surface area contributed by atoms with Crippen LogP contribution in [0.2, 0.25) is 0 Å². The molecule has 0 fully saturated rings. The quantitative estimate of drug-likeness (QED) is 0.454. The first-order valence-electron chi connectivity index (χ1n) is 13.4. The molecule has 214 valence electrons. The van der Waals surface area contributed by atoms with Crippen LogP contribution in [0.5, 0.6) is 0 Å². The van der Waals surface area contributed by atoms with Crippen molar-refractivity contribution in [1.82, 2.24) is 21.3 Å². The van der Waals surface area contributed by atoms with Crippen LogP contribution in [-0.2, 0) is 19.2 Å². The van der Waals surface area contributed by atoms with Gasteiger partial charge in [0, 0.05) is 25.2 Å². The smallest absolute Gasteiger partial charge is 0.246 e. The Bertz CT molecular complexity index is 909. The second kappa shape index (κ2) is 22.7. The number of nitrogens with one attached hydrogen (secondary N) is 4. The number of allylic oxidation sites excluding steroid dienone is 1. The van der Waals surface area contributed by atoms with Crippen molar-refractivity contribution >= 4 is 29.7 Å². The van der Waals surface area contributed by atoms with E-state index in [2.05, 4.69) is 35.1 Å². The molecule has 0 spiro atoms. The lowest BCUT2D eigenvalue weighted by molar-refractivity contribution is -0.129. The summed E-state index contributed by atoms with van der Waals surface area (Å²) in [6, 6.07) is 3.59. The summed E-state index contributed by atoms with van der Waals surface area (Å²) in [7, 11) is 0. The van der Waals surface area contributed by atoms with E-state index in [1.807, 2.05) is 27.7 Å². The predicted molar refractivity (Wildman–Crippen MR) is 153 cm³/mol.